The number of amides is 1. The summed E-state index contributed by atoms with van der Waals surface area (Å²) in [7, 11) is 0. The van der Waals surface area contributed by atoms with Crippen LogP contribution in [0.4, 0.5) is 17.6 Å². The smallest absolute Gasteiger partial charge is 0.333 e. The lowest BCUT2D eigenvalue weighted by molar-refractivity contribution is -0.137. The summed E-state index contributed by atoms with van der Waals surface area (Å²) >= 11 is 0.713. The first-order valence-electron chi connectivity index (χ1n) is 19.1. The molecule has 0 aliphatic heterocycles. The number of likely N-dealkylation sites (N-methyl/N-ethyl adjacent to an activating group) is 1. The van der Waals surface area contributed by atoms with E-state index in [9.17, 15) is 31.3 Å². The van der Waals surface area contributed by atoms with Crippen molar-refractivity contribution in [3.05, 3.63) is 117 Å². The summed E-state index contributed by atoms with van der Waals surface area (Å²) in [4.78, 5) is 35.1. The number of carbonyl (C=O) groups is 1. The van der Waals surface area contributed by atoms with Crippen molar-refractivity contribution in [3.63, 3.8) is 0 Å². The fraction of sp³-hybridized carbons (Fsp3) is 0.378. The van der Waals surface area contributed by atoms with Crippen LogP contribution in [0.3, 0.4) is 0 Å². The number of alkyl halides is 3. The minimum absolute atomic E-state index is 0.0858. The van der Waals surface area contributed by atoms with Crippen LogP contribution in [-0.2, 0) is 36.1 Å². The predicted octanol–water partition coefficient (Wildman–Crippen LogP) is 7.78. The van der Waals surface area contributed by atoms with E-state index in [1.165, 1.54) is 19.1 Å². The first kappa shape index (κ1) is 26.9. The Morgan fingerprint density at radius 2 is 1.65 bits per heavy atom. The highest BCUT2D eigenvalue weighted by Gasteiger charge is 2.30. The third kappa shape index (κ3) is 8.36. The molecule has 4 aromatic rings. The van der Waals surface area contributed by atoms with Gasteiger partial charge in [-0.15, -0.1) is 0 Å². The Morgan fingerprint density at radius 3 is 2.25 bits per heavy atom. The van der Waals surface area contributed by atoms with E-state index < -0.39 is 65.7 Å². The second kappa shape index (κ2) is 15.5. The molecule has 1 unspecified atom stereocenters. The van der Waals surface area contributed by atoms with Gasteiger partial charge < -0.3 is 14.4 Å². The van der Waals surface area contributed by atoms with Gasteiger partial charge in [0.25, 0.3) is 5.56 Å². The van der Waals surface area contributed by atoms with E-state index in [4.69, 9.17) is 5.48 Å². The highest BCUT2D eigenvalue weighted by Crippen LogP contribution is 2.32. The van der Waals surface area contributed by atoms with Crippen molar-refractivity contribution in [1.82, 2.24) is 19.4 Å². The number of hydrogen-bond acceptors (Lipinski definition) is 5. The molecule has 0 saturated heterocycles. The number of carbonyl (C=O) groups excluding carboxylic acids is 1. The zero-order chi connectivity index (χ0) is 40.6. The number of halogens is 4. The summed E-state index contributed by atoms with van der Waals surface area (Å²) in [6.45, 7) is 3.76. The van der Waals surface area contributed by atoms with Crippen molar-refractivity contribution in [1.29, 1.82) is 0 Å². The van der Waals surface area contributed by atoms with Gasteiger partial charge in [-0.2, -0.15) is 18.2 Å². The fourth-order valence-electron chi connectivity index (χ4n) is 5.54. The minimum atomic E-state index is -4.50. The normalized spacial score (nSPS) is 16.5. The number of nitrogens with zero attached hydrogens (tertiary/aromatic N) is 4. The summed E-state index contributed by atoms with van der Waals surface area (Å²) in [6.07, 6.45) is -3.49. The molecule has 0 bridgehead atoms. The molecule has 254 valence electrons. The van der Waals surface area contributed by atoms with Crippen LogP contribution in [0, 0.1) is 5.82 Å². The van der Waals surface area contributed by atoms with Crippen LogP contribution in [0.5, 0.6) is 0 Å². The van der Waals surface area contributed by atoms with Crippen molar-refractivity contribution in [2.24, 2.45) is 0 Å². The topological polar surface area (TPSA) is 58.4 Å². The predicted molar refractivity (Wildman–Crippen MR) is 181 cm³/mol. The van der Waals surface area contributed by atoms with E-state index in [1.807, 2.05) is 18.7 Å². The van der Waals surface area contributed by atoms with Gasteiger partial charge in [-0.05, 0) is 85.7 Å². The zero-order valence-electron chi connectivity index (χ0n) is 33.8. The molecule has 5 rings (SSSR count). The molecule has 1 amide bonds. The Labute approximate surface area is 292 Å². The van der Waals surface area contributed by atoms with Gasteiger partial charge in [0.15, 0.2) is 5.16 Å². The number of rotatable bonds is 13. The molecule has 0 spiro atoms. The molecule has 1 aliphatic rings. The van der Waals surface area contributed by atoms with Gasteiger partial charge in [0.2, 0.25) is 5.91 Å². The van der Waals surface area contributed by atoms with Gasteiger partial charge in [-0.25, -0.2) is 4.39 Å². The molecule has 0 N–H and O–H groups in total. The first-order valence-corrected chi connectivity index (χ1v) is 16.6. The van der Waals surface area contributed by atoms with E-state index in [0.717, 1.165) is 21.6 Å². The van der Waals surface area contributed by atoms with Gasteiger partial charge in [0.05, 0.1) is 21.2 Å². The SMILES string of the molecule is [2H]c1c([2H])c(CSc2nc(=O)c3c(n2C([2H])([2H])C(=O)N(CCN(CC)CC)C([2H])(C)c2ccc(-c4ccc(C(F)(F)F)cc4)cc2)CCC3)c([2H])c([2H])c1F. The third-order valence-corrected chi connectivity index (χ3v) is 9.30. The van der Waals surface area contributed by atoms with E-state index >= 15 is 0 Å². The highest BCUT2D eigenvalue weighted by atomic mass is 32.2. The van der Waals surface area contributed by atoms with Crippen LogP contribution >= 0.6 is 11.8 Å². The first-order chi connectivity index (χ1) is 25.7. The standard InChI is InChI=1S/C37H40F4N4O2S/c1-4-43(5-2)21-22-44(25(3)27-11-13-28(14-12-27)29-15-17-30(18-16-29)37(39,40)41)34(46)23-45-33-8-6-7-32(33)35(47)42-36(45)48-24-26-9-19-31(38)20-10-26/h9-20,25H,4-8,21-24H2,1-3H3/i9D,10D,19D,20D,23D2,25D. The second-order valence-corrected chi connectivity index (χ2v) is 12.2. The van der Waals surface area contributed by atoms with Crippen molar-refractivity contribution in [2.75, 3.05) is 26.2 Å². The van der Waals surface area contributed by atoms with Gasteiger partial charge in [0, 0.05) is 30.1 Å². The van der Waals surface area contributed by atoms with Crippen LogP contribution in [0.25, 0.3) is 11.1 Å². The average Bonchev–Trinajstić information content (AvgIpc) is 3.65. The number of hydrogen-bond donors (Lipinski definition) is 0. The maximum Gasteiger partial charge on any atom is 0.416 e. The lowest BCUT2D eigenvalue weighted by Crippen LogP contribution is -2.42. The van der Waals surface area contributed by atoms with Gasteiger partial charge in [-0.3, -0.25) is 9.59 Å². The summed E-state index contributed by atoms with van der Waals surface area (Å²) in [6, 6.07) is 6.03. The number of fused-ring (bicyclic) bond motifs is 1. The van der Waals surface area contributed by atoms with E-state index in [0.29, 0.717) is 54.4 Å². The Kier molecular flexibility index (Phi) is 8.70. The van der Waals surface area contributed by atoms with Crippen molar-refractivity contribution in [2.45, 2.75) is 69.6 Å². The van der Waals surface area contributed by atoms with Gasteiger partial charge in [0.1, 0.15) is 12.3 Å². The van der Waals surface area contributed by atoms with Crippen LogP contribution in [0.15, 0.2) is 82.7 Å². The van der Waals surface area contributed by atoms with Gasteiger partial charge >= 0.3 is 6.18 Å². The lowest BCUT2D eigenvalue weighted by Gasteiger charge is -2.33. The molecular weight excluding hydrogens is 640 g/mol. The molecule has 0 fully saturated rings. The molecular formula is C37H40F4N4O2S. The maximum atomic E-state index is 14.8. The Morgan fingerprint density at radius 1 is 1.02 bits per heavy atom. The molecule has 48 heavy (non-hydrogen) atoms. The molecule has 0 saturated carbocycles. The molecule has 1 aromatic heterocycles. The van der Waals surface area contributed by atoms with E-state index in [2.05, 4.69) is 4.98 Å². The zero-order valence-corrected chi connectivity index (χ0v) is 27.6. The summed E-state index contributed by atoms with van der Waals surface area (Å²) in [5, 5.41) is -0.263. The molecule has 11 heteroatoms. The average molecular weight is 688 g/mol. The quantitative estimate of drug-likeness (QED) is 0.0817. The molecule has 0 radical (unpaired) electrons. The van der Waals surface area contributed by atoms with Crippen LogP contribution < -0.4 is 5.56 Å². The van der Waals surface area contributed by atoms with E-state index in [1.54, 1.807) is 24.3 Å². The molecule has 1 aliphatic carbocycles. The lowest BCUT2D eigenvalue weighted by atomic mass is 9.99. The molecule has 1 atom stereocenters. The maximum absolute atomic E-state index is 14.8. The highest BCUT2D eigenvalue weighted by molar-refractivity contribution is 7.98. The monoisotopic (exact) mass is 687 g/mol. The molecule has 6 nitrogen and oxygen atoms in total. The second-order valence-electron chi connectivity index (χ2n) is 11.2. The number of aromatic nitrogens is 2. The number of thioether (sulfide) groups is 1. The fourth-order valence-corrected chi connectivity index (χ4v) is 6.39. The summed E-state index contributed by atoms with van der Waals surface area (Å²) in [5.41, 5.74) is 0.183. The van der Waals surface area contributed by atoms with Crippen molar-refractivity contribution >= 4 is 17.7 Å². The molecule has 1 heterocycles. The van der Waals surface area contributed by atoms with E-state index in [-0.39, 0.29) is 47.2 Å². The Balaban J connectivity index is 1.56. The molecule has 3 aromatic carbocycles. The Hall–Kier alpha value is -3.96. The summed E-state index contributed by atoms with van der Waals surface area (Å²) < 4.78 is 115. The van der Waals surface area contributed by atoms with Crippen LogP contribution in [0.1, 0.15) is 70.8 Å². The minimum Gasteiger partial charge on any atom is -0.333 e. The van der Waals surface area contributed by atoms with Crippen LogP contribution in [-0.4, -0.2) is 51.4 Å². The number of benzene rings is 3. The largest absolute Gasteiger partial charge is 0.416 e. The van der Waals surface area contributed by atoms with Gasteiger partial charge in [-0.1, -0.05) is 74.1 Å². The third-order valence-electron chi connectivity index (χ3n) is 8.34. The van der Waals surface area contributed by atoms with Crippen molar-refractivity contribution in [3.8, 4) is 11.1 Å². The van der Waals surface area contributed by atoms with Crippen LogP contribution in [0.2, 0.25) is 0 Å². The summed E-state index contributed by atoms with van der Waals surface area (Å²) in [5.74, 6) is -2.80. The Bertz CT molecular complexity index is 2100. The van der Waals surface area contributed by atoms with Crippen molar-refractivity contribution < 1.29 is 32.0 Å².